The molecule has 5 nitrogen and oxygen atoms in total. The monoisotopic (exact) mass is 298 g/mol. The SMILES string of the molecule is COC(=O)c1ccc(Cl)cc1NC(=O)[C@@H](N)CC(C)C. The van der Waals surface area contributed by atoms with Gasteiger partial charge in [0.15, 0.2) is 0 Å². The molecule has 20 heavy (non-hydrogen) atoms. The molecule has 1 aromatic rings. The van der Waals surface area contributed by atoms with E-state index in [1.54, 1.807) is 6.07 Å². The Bertz CT molecular complexity index is 503. The zero-order valence-electron chi connectivity index (χ0n) is 11.8. The summed E-state index contributed by atoms with van der Waals surface area (Å²) in [5, 5.41) is 3.03. The number of anilines is 1. The third kappa shape index (κ3) is 4.51. The molecule has 0 aliphatic heterocycles. The number of ether oxygens (including phenoxy) is 1. The number of carbonyl (C=O) groups is 2. The zero-order valence-corrected chi connectivity index (χ0v) is 12.5. The predicted molar refractivity (Wildman–Crippen MR) is 78.9 cm³/mol. The summed E-state index contributed by atoms with van der Waals surface area (Å²) in [5.74, 6) is -0.601. The van der Waals surface area contributed by atoms with Crippen LogP contribution in [-0.2, 0) is 9.53 Å². The van der Waals surface area contributed by atoms with Crippen LogP contribution in [-0.4, -0.2) is 25.0 Å². The van der Waals surface area contributed by atoms with E-state index in [0.717, 1.165) is 0 Å². The van der Waals surface area contributed by atoms with Crippen LogP contribution >= 0.6 is 11.6 Å². The van der Waals surface area contributed by atoms with E-state index in [1.807, 2.05) is 13.8 Å². The minimum absolute atomic E-state index is 0.238. The molecule has 0 spiro atoms. The highest BCUT2D eigenvalue weighted by Crippen LogP contribution is 2.22. The number of nitrogens with two attached hydrogens (primary N) is 1. The molecule has 0 aliphatic carbocycles. The summed E-state index contributed by atoms with van der Waals surface area (Å²) >= 11 is 5.88. The van der Waals surface area contributed by atoms with Crippen molar-refractivity contribution in [3.05, 3.63) is 28.8 Å². The molecule has 0 aromatic heterocycles. The number of nitrogens with one attached hydrogen (secondary N) is 1. The van der Waals surface area contributed by atoms with Gasteiger partial charge >= 0.3 is 5.97 Å². The number of halogens is 1. The Labute approximate surface area is 123 Å². The first-order valence-corrected chi connectivity index (χ1v) is 6.67. The van der Waals surface area contributed by atoms with Crippen LogP contribution in [0.15, 0.2) is 18.2 Å². The summed E-state index contributed by atoms with van der Waals surface area (Å²) < 4.78 is 4.66. The van der Waals surface area contributed by atoms with E-state index in [2.05, 4.69) is 10.1 Å². The van der Waals surface area contributed by atoms with Crippen molar-refractivity contribution in [2.24, 2.45) is 11.7 Å². The minimum Gasteiger partial charge on any atom is -0.465 e. The average molecular weight is 299 g/mol. The standard InChI is InChI=1S/C14H19ClN2O3/c1-8(2)6-11(16)13(18)17-12-7-9(15)4-5-10(12)14(19)20-3/h4-5,7-8,11H,6,16H2,1-3H3,(H,17,18)/t11-/m0/s1. The van der Waals surface area contributed by atoms with E-state index in [0.29, 0.717) is 23.0 Å². The number of carbonyl (C=O) groups excluding carboxylic acids is 2. The van der Waals surface area contributed by atoms with E-state index in [9.17, 15) is 9.59 Å². The third-order valence-corrected chi connectivity index (χ3v) is 2.94. The molecule has 1 rings (SSSR count). The van der Waals surface area contributed by atoms with E-state index in [4.69, 9.17) is 17.3 Å². The van der Waals surface area contributed by atoms with Crippen LogP contribution in [0.25, 0.3) is 0 Å². The van der Waals surface area contributed by atoms with Gasteiger partial charge in [0.05, 0.1) is 24.4 Å². The van der Waals surface area contributed by atoms with Gasteiger partial charge in [0, 0.05) is 5.02 Å². The van der Waals surface area contributed by atoms with Gasteiger partial charge in [-0.3, -0.25) is 4.79 Å². The Kier molecular flexibility index (Phi) is 5.98. The highest BCUT2D eigenvalue weighted by Gasteiger charge is 2.19. The Morgan fingerprint density at radius 3 is 2.60 bits per heavy atom. The van der Waals surface area contributed by atoms with E-state index in [1.165, 1.54) is 19.2 Å². The molecule has 0 radical (unpaired) electrons. The van der Waals surface area contributed by atoms with Gasteiger partial charge in [0.1, 0.15) is 0 Å². The lowest BCUT2D eigenvalue weighted by Gasteiger charge is -2.16. The molecule has 1 atom stereocenters. The molecule has 0 unspecified atom stereocenters. The maximum Gasteiger partial charge on any atom is 0.339 e. The first-order valence-electron chi connectivity index (χ1n) is 6.29. The van der Waals surface area contributed by atoms with Crippen molar-refractivity contribution >= 4 is 29.2 Å². The summed E-state index contributed by atoms with van der Waals surface area (Å²) in [6.45, 7) is 3.96. The lowest BCUT2D eigenvalue weighted by atomic mass is 10.0. The van der Waals surface area contributed by atoms with Crippen molar-refractivity contribution in [3.63, 3.8) is 0 Å². The van der Waals surface area contributed by atoms with Gasteiger partial charge in [-0.05, 0) is 30.5 Å². The lowest BCUT2D eigenvalue weighted by molar-refractivity contribution is -0.117. The largest absolute Gasteiger partial charge is 0.465 e. The lowest BCUT2D eigenvalue weighted by Crippen LogP contribution is -2.37. The number of amides is 1. The molecule has 0 aliphatic rings. The summed E-state index contributed by atoms with van der Waals surface area (Å²) in [4.78, 5) is 23.6. The third-order valence-electron chi connectivity index (χ3n) is 2.71. The number of esters is 1. The Hall–Kier alpha value is -1.59. The quantitative estimate of drug-likeness (QED) is 0.818. The molecule has 0 saturated heterocycles. The van der Waals surface area contributed by atoms with E-state index in [-0.39, 0.29) is 11.5 Å². The Morgan fingerprint density at radius 2 is 2.05 bits per heavy atom. The fourth-order valence-electron chi connectivity index (χ4n) is 1.75. The zero-order chi connectivity index (χ0) is 15.3. The van der Waals surface area contributed by atoms with Crippen LogP contribution < -0.4 is 11.1 Å². The van der Waals surface area contributed by atoms with Crippen molar-refractivity contribution < 1.29 is 14.3 Å². The van der Waals surface area contributed by atoms with Crippen LogP contribution in [0.4, 0.5) is 5.69 Å². The number of benzene rings is 1. The van der Waals surface area contributed by atoms with Crippen LogP contribution in [0.5, 0.6) is 0 Å². The molecule has 110 valence electrons. The maximum atomic E-state index is 12.0. The molecular formula is C14H19ClN2O3. The first kappa shape index (κ1) is 16.5. The van der Waals surface area contributed by atoms with Crippen molar-refractivity contribution in [1.82, 2.24) is 0 Å². The second-order valence-corrected chi connectivity index (χ2v) is 5.34. The molecule has 6 heteroatoms. The van der Waals surface area contributed by atoms with Crippen molar-refractivity contribution in [3.8, 4) is 0 Å². The summed E-state index contributed by atoms with van der Waals surface area (Å²) in [5.41, 5.74) is 6.34. The molecule has 1 aromatic carbocycles. The highest BCUT2D eigenvalue weighted by molar-refractivity contribution is 6.31. The highest BCUT2D eigenvalue weighted by atomic mass is 35.5. The smallest absolute Gasteiger partial charge is 0.339 e. The molecular weight excluding hydrogens is 280 g/mol. The van der Waals surface area contributed by atoms with Crippen molar-refractivity contribution in [1.29, 1.82) is 0 Å². The Balaban J connectivity index is 2.93. The maximum absolute atomic E-state index is 12.0. The van der Waals surface area contributed by atoms with Gasteiger partial charge in [-0.2, -0.15) is 0 Å². The second-order valence-electron chi connectivity index (χ2n) is 4.91. The minimum atomic E-state index is -0.639. The molecule has 0 fully saturated rings. The normalized spacial score (nSPS) is 12.1. The van der Waals surface area contributed by atoms with Crippen LogP contribution in [0.2, 0.25) is 5.02 Å². The molecule has 0 saturated carbocycles. The fraction of sp³-hybridized carbons (Fsp3) is 0.429. The number of rotatable bonds is 5. The predicted octanol–water partition coefficient (Wildman–Crippen LogP) is 2.44. The first-order chi connectivity index (χ1) is 9.35. The van der Waals surface area contributed by atoms with Crippen molar-refractivity contribution in [2.45, 2.75) is 26.3 Å². The van der Waals surface area contributed by atoms with Gasteiger partial charge in [-0.1, -0.05) is 25.4 Å². The molecule has 3 N–H and O–H groups in total. The van der Waals surface area contributed by atoms with Gasteiger partial charge in [0.2, 0.25) is 5.91 Å². The average Bonchev–Trinajstić information content (AvgIpc) is 2.37. The fourth-order valence-corrected chi connectivity index (χ4v) is 1.92. The van der Waals surface area contributed by atoms with Gasteiger partial charge in [-0.15, -0.1) is 0 Å². The van der Waals surface area contributed by atoms with E-state index >= 15 is 0 Å². The van der Waals surface area contributed by atoms with Crippen molar-refractivity contribution in [2.75, 3.05) is 12.4 Å². The number of hydrogen-bond donors (Lipinski definition) is 2. The van der Waals surface area contributed by atoms with E-state index < -0.39 is 12.0 Å². The molecule has 1 amide bonds. The van der Waals surface area contributed by atoms with Gasteiger partial charge in [0.25, 0.3) is 0 Å². The molecule has 0 bridgehead atoms. The number of hydrogen-bond acceptors (Lipinski definition) is 4. The molecule has 0 heterocycles. The van der Waals surface area contributed by atoms with Crippen LogP contribution in [0, 0.1) is 5.92 Å². The topological polar surface area (TPSA) is 81.4 Å². The second kappa shape index (κ2) is 7.26. The summed E-state index contributed by atoms with van der Waals surface area (Å²) in [6, 6.07) is 3.91. The van der Waals surface area contributed by atoms with Crippen LogP contribution in [0.1, 0.15) is 30.6 Å². The van der Waals surface area contributed by atoms with Gasteiger partial charge < -0.3 is 15.8 Å². The number of methoxy groups -OCH3 is 1. The Morgan fingerprint density at radius 1 is 1.40 bits per heavy atom. The van der Waals surface area contributed by atoms with Gasteiger partial charge in [-0.25, -0.2) is 4.79 Å². The summed E-state index contributed by atoms with van der Waals surface area (Å²) in [7, 11) is 1.27. The van der Waals surface area contributed by atoms with Crippen LogP contribution in [0.3, 0.4) is 0 Å². The summed E-state index contributed by atoms with van der Waals surface area (Å²) in [6.07, 6.45) is 0.556.